The summed E-state index contributed by atoms with van der Waals surface area (Å²) in [5.41, 5.74) is 0.140. The number of aromatic carboxylic acids is 1. The Balaban J connectivity index is 3.30. The molecular weight excluding hydrogens is 212 g/mol. The van der Waals surface area contributed by atoms with Crippen LogP contribution in [-0.4, -0.2) is 29.6 Å². The third kappa shape index (κ3) is 2.28. The Labute approximate surface area is 92.3 Å². The van der Waals surface area contributed by atoms with Gasteiger partial charge < -0.3 is 10.0 Å². The summed E-state index contributed by atoms with van der Waals surface area (Å²) in [6.45, 7) is 2.46. The van der Waals surface area contributed by atoms with Crippen LogP contribution in [0.4, 0.5) is 11.4 Å². The van der Waals surface area contributed by atoms with E-state index in [0.717, 1.165) is 6.07 Å². The van der Waals surface area contributed by atoms with Gasteiger partial charge in [0.2, 0.25) is 0 Å². The van der Waals surface area contributed by atoms with E-state index in [9.17, 15) is 14.9 Å². The van der Waals surface area contributed by atoms with E-state index < -0.39 is 10.9 Å². The number of nitro groups is 1. The van der Waals surface area contributed by atoms with Crippen LogP contribution in [0.1, 0.15) is 17.3 Å². The molecule has 6 heteroatoms. The molecule has 0 saturated heterocycles. The minimum absolute atomic E-state index is 0.0834. The fraction of sp³-hybridized carbons (Fsp3) is 0.300. The molecule has 0 unspecified atom stereocenters. The largest absolute Gasteiger partial charge is 0.478 e. The van der Waals surface area contributed by atoms with Crippen molar-refractivity contribution in [1.29, 1.82) is 0 Å². The number of carboxylic acids is 1. The molecule has 0 atom stereocenters. The van der Waals surface area contributed by atoms with Crippen LogP contribution in [0.5, 0.6) is 0 Å². The standard InChI is InChI=1S/C10H12N2O4/c1-3-11(2)8-5-4-7(10(13)14)6-9(8)12(15)16/h4-6H,3H2,1-2H3,(H,13,14). The average Bonchev–Trinajstić information content (AvgIpc) is 2.26. The van der Waals surface area contributed by atoms with Crippen LogP contribution in [0, 0.1) is 10.1 Å². The molecule has 16 heavy (non-hydrogen) atoms. The first kappa shape index (κ1) is 12.0. The van der Waals surface area contributed by atoms with Gasteiger partial charge in [0.15, 0.2) is 0 Å². The van der Waals surface area contributed by atoms with Crippen molar-refractivity contribution in [2.24, 2.45) is 0 Å². The molecule has 0 amide bonds. The van der Waals surface area contributed by atoms with Crippen LogP contribution in [-0.2, 0) is 0 Å². The van der Waals surface area contributed by atoms with E-state index in [1.807, 2.05) is 6.92 Å². The van der Waals surface area contributed by atoms with Gasteiger partial charge >= 0.3 is 5.97 Å². The fourth-order valence-corrected chi connectivity index (χ4v) is 1.30. The minimum atomic E-state index is -1.17. The molecule has 0 saturated carbocycles. The zero-order chi connectivity index (χ0) is 12.3. The van der Waals surface area contributed by atoms with E-state index in [1.165, 1.54) is 12.1 Å². The van der Waals surface area contributed by atoms with E-state index in [0.29, 0.717) is 12.2 Å². The van der Waals surface area contributed by atoms with Gasteiger partial charge in [0, 0.05) is 19.7 Å². The molecule has 86 valence electrons. The Morgan fingerprint density at radius 2 is 2.19 bits per heavy atom. The summed E-state index contributed by atoms with van der Waals surface area (Å²) in [5.74, 6) is -1.17. The maximum atomic E-state index is 10.8. The molecule has 0 aliphatic heterocycles. The number of hydrogen-bond donors (Lipinski definition) is 1. The topological polar surface area (TPSA) is 83.7 Å². The summed E-state index contributed by atoms with van der Waals surface area (Å²) >= 11 is 0. The quantitative estimate of drug-likeness (QED) is 0.622. The highest BCUT2D eigenvalue weighted by Crippen LogP contribution is 2.28. The lowest BCUT2D eigenvalue weighted by Crippen LogP contribution is -2.17. The van der Waals surface area contributed by atoms with Gasteiger partial charge in [-0.1, -0.05) is 0 Å². The Morgan fingerprint density at radius 1 is 1.56 bits per heavy atom. The average molecular weight is 224 g/mol. The summed E-state index contributed by atoms with van der Waals surface area (Å²) < 4.78 is 0. The molecule has 0 bridgehead atoms. The van der Waals surface area contributed by atoms with Crippen molar-refractivity contribution >= 4 is 17.3 Å². The second kappa shape index (κ2) is 4.61. The van der Waals surface area contributed by atoms with Crippen LogP contribution >= 0.6 is 0 Å². The molecule has 0 fully saturated rings. The number of anilines is 1. The van der Waals surface area contributed by atoms with Gasteiger partial charge in [0.1, 0.15) is 5.69 Å². The lowest BCUT2D eigenvalue weighted by atomic mass is 10.1. The van der Waals surface area contributed by atoms with Crippen LogP contribution < -0.4 is 4.90 Å². The van der Waals surface area contributed by atoms with Crippen molar-refractivity contribution in [3.63, 3.8) is 0 Å². The van der Waals surface area contributed by atoms with E-state index >= 15 is 0 Å². The number of rotatable bonds is 4. The van der Waals surface area contributed by atoms with Crippen LogP contribution in [0.2, 0.25) is 0 Å². The number of carboxylic acid groups (broad SMARTS) is 1. The molecule has 1 aromatic carbocycles. The Morgan fingerprint density at radius 3 is 2.62 bits per heavy atom. The summed E-state index contributed by atoms with van der Waals surface area (Å²) in [5, 5.41) is 19.5. The van der Waals surface area contributed by atoms with Gasteiger partial charge in [-0.05, 0) is 19.1 Å². The van der Waals surface area contributed by atoms with Gasteiger partial charge in [-0.25, -0.2) is 4.79 Å². The Hall–Kier alpha value is -2.11. The second-order valence-electron chi connectivity index (χ2n) is 3.28. The Bertz CT molecular complexity index is 431. The highest BCUT2D eigenvalue weighted by Gasteiger charge is 2.18. The molecule has 0 spiro atoms. The Kier molecular flexibility index (Phi) is 3.44. The van der Waals surface area contributed by atoms with Crippen molar-refractivity contribution in [2.45, 2.75) is 6.92 Å². The first-order valence-electron chi connectivity index (χ1n) is 4.70. The van der Waals surface area contributed by atoms with Crippen molar-refractivity contribution in [3.8, 4) is 0 Å². The number of benzene rings is 1. The third-order valence-corrected chi connectivity index (χ3v) is 2.30. The van der Waals surface area contributed by atoms with Gasteiger partial charge in [-0.3, -0.25) is 10.1 Å². The van der Waals surface area contributed by atoms with Gasteiger partial charge in [-0.15, -0.1) is 0 Å². The monoisotopic (exact) mass is 224 g/mol. The molecule has 0 aromatic heterocycles. The predicted octanol–water partition coefficient (Wildman–Crippen LogP) is 1.75. The van der Waals surface area contributed by atoms with Crippen LogP contribution in [0.3, 0.4) is 0 Å². The number of carbonyl (C=O) groups is 1. The molecule has 1 rings (SSSR count). The van der Waals surface area contributed by atoms with Crippen molar-refractivity contribution < 1.29 is 14.8 Å². The zero-order valence-corrected chi connectivity index (χ0v) is 9.01. The first-order chi connectivity index (χ1) is 7.47. The SMILES string of the molecule is CCN(C)c1ccc(C(=O)O)cc1[N+](=O)[O-]. The maximum Gasteiger partial charge on any atom is 0.335 e. The van der Waals surface area contributed by atoms with E-state index in [1.54, 1.807) is 11.9 Å². The lowest BCUT2D eigenvalue weighted by molar-refractivity contribution is -0.384. The molecular formula is C10H12N2O4. The molecule has 1 N–H and O–H groups in total. The first-order valence-corrected chi connectivity index (χ1v) is 4.70. The third-order valence-electron chi connectivity index (χ3n) is 2.30. The molecule has 6 nitrogen and oxygen atoms in total. The molecule has 1 aromatic rings. The number of nitrogens with zero attached hydrogens (tertiary/aromatic N) is 2. The summed E-state index contributed by atoms with van der Waals surface area (Å²) in [6, 6.07) is 3.88. The smallest absolute Gasteiger partial charge is 0.335 e. The maximum absolute atomic E-state index is 10.8. The van der Waals surface area contributed by atoms with Crippen LogP contribution in [0.15, 0.2) is 18.2 Å². The summed E-state index contributed by atoms with van der Waals surface area (Å²) in [6.07, 6.45) is 0. The molecule has 0 radical (unpaired) electrons. The zero-order valence-electron chi connectivity index (χ0n) is 9.01. The van der Waals surface area contributed by atoms with Gasteiger partial charge in [0.25, 0.3) is 5.69 Å². The van der Waals surface area contributed by atoms with Crippen molar-refractivity contribution in [3.05, 3.63) is 33.9 Å². The highest BCUT2D eigenvalue weighted by atomic mass is 16.6. The summed E-state index contributed by atoms with van der Waals surface area (Å²) in [7, 11) is 1.71. The molecule has 0 heterocycles. The van der Waals surface area contributed by atoms with Gasteiger partial charge in [0.05, 0.1) is 10.5 Å². The van der Waals surface area contributed by atoms with Crippen LogP contribution in [0.25, 0.3) is 0 Å². The number of nitro benzene ring substituents is 1. The number of hydrogen-bond acceptors (Lipinski definition) is 4. The van der Waals surface area contributed by atoms with Gasteiger partial charge in [-0.2, -0.15) is 0 Å². The molecule has 0 aliphatic carbocycles. The normalized spacial score (nSPS) is 9.88. The summed E-state index contributed by atoms with van der Waals surface area (Å²) in [4.78, 5) is 22.6. The fourth-order valence-electron chi connectivity index (χ4n) is 1.30. The highest BCUT2D eigenvalue weighted by molar-refractivity contribution is 5.89. The molecule has 0 aliphatic rings. The van der Waals surface area contributed by atoms with E-state index in [2.05, 4.69) is 0 Å². The van der Waals surface area contributed by atoms with Crippen molar-refractivity contribution in [2.75, 3.05) is 18.5 Å². The lowest BCUT2D eigenvalue weighted by Gasteiger charge is -2.16. The van der Waals surface area contributed by atoms with E-state index in [4.69, 9.17) is 5.11 Å². The minimum Gasteiger partial charge on any atom is -0.478 e. The predicted molar refractivity (Wildman–Crippen MR) is 59.0 cm³/mol. The van der Waals surface area contributed by atoms with E-state index in [-0.39, 0.29) is 11.3 Å². The second-order valence-corrected chi connectivity index (χ2v) is 3.28. The van der Waals surface area contributed by atoms with Crippen molar-refractivity contribution in [1.82, 2.24) is 0 Å².